The molecule has 2 aromatic rings. The lowest BCUT2D eigenvalue weighted by Gasteiger charge is -2.24. The van der Waals surface area contributed by atoms with Gasteiger partial charge in [-0.05, 0) is 60.8 Å². The van der Waals surface area contributed by atoms with Crippen molar-refractivity contribution in [2.24, 2.45) is 0 Å². The number of hydrogen-bond acceptors (Lipinski definition) is 5. The van der Waals surface area contributed by atoms with E-state index in [4.69, 9.17) is 21.1 Å². The zero-order chi connectivity index (χ0) is 20.0. The minimum Gasteiger partial charge on any atom is -0.474 e. The monoisotopic (exact) mass is 457 g/mol. The molecule has 1 atom stereocenters. The number of ether oxygens (including phenoxy) is 2. The fourth-order valence-corrected chi connectivity index (χ4v) is 2.63. The van der Waals surface area contributed by atoms with Crippen LogP contribution >= 0.6 is 27.5 Å². The Kier molecular flexibility index (Phi) is 7.26. The molecule has 0 aliphatic carbocycles. The second-order valence-corrected chi connectivity index (χ2v) is 8.06. The van der Waals surface area contributed by atoms with Gasteiger partial charge in [0.25, 0.3) is 5.56 Å². The number of amides is 1. The number of halogens is 2. The quantitative estimate of drug-likeness (QED) is 0.688. The molecule has 0 bridgehead atoms. The van der Waals surface area contributed by atoms with E-state index in [-0.39, 0.29) is 22.5 Å². The van der Waals surface area contributed by atoms with Crippen LogP contribution in [-0.2, 0) is 11.2 Å². The first-order chi connectivity index (χ1) is 12.6. The molecule has 1 aromatic heterocycles. The number of carbonyl (C=O) groups excluding carboxylic acids is 1. The van der Waals surface area contributed by atoms with Crippen molar-refractivity contribution in [1.29, 1.82) is 0 Å². The fraction of sp³-hybridized carbons (Fsp3) is 0.389. The van der Waals surface area contributed by atoms with Crippen LogP contribution in [0.15, 0.2) is 39.9 Å². The Bertz CT molecular complexity index is 834. The van der Waals surface area contributed by atoms with Crippen LogP contribution in [0, 0.1) is 0 Å². The van der Waals surface area contributed by atoms with E-state index in [1.54, 1.807) is 32.9 Å². The molecule has 146 valence electrons. The van der Waals surface area contributed by atoms with Crippen molar-refractivity contribution in [3.05, 3.63) is 56.0 Å². The highest BCUT2D eigenvalue weighted by atomic mass is 79.9. The third-order valence-corrected chi connectivity index (χ3v) is 4.25. The molecule has 0 fully saturated rings. The summed E-state index contributed by atoms with van der Waals surface area (Å²) in [5, 5.41) is 3.42. The number of hydrogen-bond donors (Lipinski definition) is 2. The number of benzene rings is 1. The van der Waals surface area contributed by atoms with Crippen LogP contribution in [0.2, 0.25) is 5.02 Å². The normalized spacial score (nSPS) is 12.3. The van der Waals surface area contributed by atoms with Gasteiger partial charge in [0, 0.05) is 5.02 Å². The highest BCUT2D eigenvalue weighted by molar-refractivity contribution is 9.10. The van der Waals surface area contributed by atoms with Crippen molar-refractivity contribution in [3.8, 4) is 5.88 Å². The first-order valence-corrected chi connectivity index (χ1v) is 9.41. The van der Waals surface area contributed by atoms with Crippen molar-refractivity contribution in [1.82, 2.24) is 15.3 Å². The van der Waals surface area contributed by atoms with Crippen LogP contribution in [0.1, 0.15) is 26.3 Å². The van der Waals surface area contributed by atoms with Crippen LogP contribution in [0.3, 0.4) is 0 Å². The second kappa shape index (κ2) is 9.23. The van der Waals surface area contributed by atoms with Crippen molar-refractivity contribution >= 4 is 33.6 Å². The molecule has 1 aromatic carbocycles. The van der Waals surface area contributed by atoms with Gasteiger partial charge in [-0.15, -0.1) is 0 Å². The summed E-state index contributed by atoms with van der Waals surface area (Å²) in [6.07, 6.45) is 1.18. The summed E-state index contributed by atoms with van der Waals surface area (Å²) in [7, 11) is 0. The number of rotatable bonds is 6. The lowest BCUT2D eigenvalue weighted by atomic mass is 10.1. The molecule has 1 amide bonds. The predicted molar refractivity (Wildman–Crippen MR) is 106 cm³/mol. The van der Waals surface area contributed by atoms with Gasteiger partial charge in [0.1, 0.15) is 16.7 Å². The lowest BCUT2D eigenvalue weighted by molar-refractivity contribution is 0.0487. The van der Waals surface area contributed by atoms with E-state index in [0.717, 1.165) is 5.56 Å². The molecule has 9 heteroatoms. The smallest absolute Gasteiger partial charge is 0.408 e. The van der Waals surface area contributed by atoms with Crippen molar-refractivity contribution in [3.63, 3.8) is 0 Å². The van der Waals surface area contributed by atoms with Gasteiger partial charge in [-0.1, -0.05) is 23.7 Å². The molecule has 27 heavy (non-hydrogen) atoms. The fourth-order valence-electron chi connectivity index (χ4n) is 2.18. The van der Waals surface area contributed by atoms with E-state index in [1.807, 2.05) is 12.1 Å². The summed E-state index contributed by atoms with van der Waals surface area (Å²) < 4.78 is 11.1. The maximum Gasteiger partial charge on any atom is 0.408 e. The molecule has 0 aliphatic rings. The number of aromatic amines is 1. The molecule has 0 unspecified atom stereocenters. The molecule has 0 spiro atoms. The standard InChI is InChI=1S/C18H21BrClN3O4/c1-18(2,3)27-17(25)23-13(8-11-4-6-12(20)7-5-11)9-26-16-14(19)15(24)21-10-22-16/h4-7,10,13H,8-9H2,1-3H3,(H,23,25)(H,21,22,24)/t13-/m1/s1. The summed E-state index contributed by atoms with van der Waals surface area (Å²) in [6.45, 7) is 5.45. The van der Waals surface area contributed by atoms with Crippen LogP contribution < -0.4 is 15.6 Å². The zero-order valence-electron chi connectivity index (χ0n) is 15.2. The first kappa shape index (κ1) is 21.2. The Morgan fingerprint density at radius 2 is 2.00 bits per heavy atom. The number of nitrogens with one attached hydrogen (secondary N) is 2. The third kappa shape index (κ3) is 7.22. The topological polar surface area (TPSA) is 93.3 Å². The molecular weight excluding hydrogens is 438 g/mol. The number of aromatic nitrogens is 2. The summed E-state index contributed by atoms with van der Waals surface area (Å²) in [5.41, 5.74) is -0.0103. The number of alkyl carbamates (subject to hydrolysis) is 1. The van der Waals surface area contributed by atoms with Crippen LogP contribution in [0.25, 0.3) is 0 Å². The Balaban J connectivity index is 2.10. The molecule has 2 N–H and O–H groups in total. The molecule has 7 nitrogen and oxygen atoms in total. The molecule has 0 radical (unpaired) electrons. The Morgan fingerprint density at radius 1 is 1.33 bits per heavy atom. The highest BCUT2D eigenvalue weighted by Crippen LogP contribution is 2.17. The Hall–Kier alpha value is -2.06. The average Bonchev–Trinajstić information content (AvgIpc) is 2.56. The van der Waals surface area contributed by atoms with E-state index in [2.05, 4.69) is 31.2 Å². The van der Waals surface area contributed by atoms with E-state index in [0.29, 0.717) is 11.4 Å². The molecule has 0 saturated carbocycles. The van der Waals surface area contributed by atoms with Crippen LogP contribution in [-0.4, -0.2) is 34.3 Å². The number of nitrogens with zero attached hydrogens (tertiary/aromatic N) is 1. The van der Waals surface area contributed by atoms with Gasteiger partial charge in [-0.3, -0.25) is 4.79 Å². The Morgan fingerprint density at radius 3 is 2.63 bits per heavy atom. The number of carbonyl (C=O) groups is 1. The van der Waals surface area contributed by atoms with Gasteiger partial charge in [-0.2, -0.15) is 0 Å². The van der Waals surface area contributed by atoms with Gasteiger partial charge in [0.2, 0.25) is 5.88 Å². The van der Waals surface area contributed by atoms with Gasteiger partial charge in [0.05, 0.1) is 12.4 Å². The SMILES string of the molecule is CC(C)(C)OC(=O)N[C@@H](COc1nc[nH]c(=O)c1Br)Cc1ccc(Cl)cc1. The largest absolute Gasteiger partial charge is 0.474 e. The summed E-state index contributed by atoms with van der Waals surface area (Å²) in [4.78, 5) is 30.2. The summed E-state index contributed by atoms with van der Waals surface area (Å²) in [5.74, 6) is 0.144. The van der Waals surface area contributed by atoms with Gasteiger partial charge in [0.15, 0.2) is 0 Å². The minimum atomic E-state index is -0.618. The average molecular weight is 459 g/mol. The van der Waals surface area contributed by atoms with E-state index < -0.39 is 17.7 Å². The lowest BCUT2D eigenvalue weighted by Crippen LogP contribution is -2.43. The molecule has 0 saturated heterocycles. The second-order valence-electron chi connectivity index (χ2n) is 6.84. The zero-order valence-corrected chi connectivity index (χ0v) is 17.6. The van der Waals surface area contributed by atoms with Gasteiger partial charge < -0.3 is 19.8 Å². The van der Waals surface area contributed by atoms with Crippen molar-refractivity contribution < 1.29 is 14.3 Å². The van der Waals surface area contributed by atoms with E-state index in [1.165, 1.54) is 6.33 Å². The van der Waals surface area contributed by atoms with E-state index in [9.17, 15) is 9.59 Å². The molecule has 2 rings (SSSR count). The molecular formula is C18H21BrClN3O4. The summed E-state index contributed by atoms with van der Waals surface area (Å²) in [6, 6.07) is 6.88. The number of H-pyrrole nitrogens is 1. The maximum absolute atomic E-state index is 12.2. The third-order valence-electron chi connectivity index (χ3n) is 3.30. The van der Waals surface area contributed by atoms with Crippen LogP contribution in [0.4, 0.5) is 4.79 Å². The van der Waals surface area contributed by atoms with Crippen molar-refractivity contribution in [2.45, 2.75) is 38.8 Å². The van der Waals surface area contributed by atoms with Crippen molar-refractivity contribution in [2.75, 3.05) is 6.61 Å². The first-order valence-electron chi connectivity index (χ1n) is 8.24. The van der Waals surface area contributed by atoms with Gasteiger partial charge in [-0.25, -0.2) is 9.78 Å². The Labute approximate surface area is 170 Å². The summed E-state index contributed by atoms with van der Waals surface area (Å²) >= 11 is 9.06. The van der Waals surface area contributed by atoms with Gasteiger partial charge >= 0.3 is 6.09 Å². The van der Waals surface area contributed by atoms with Crippen LogP contribution in [0.5, 0.6) is 5.88 Å². The van der Waals surface area contributed by atoms with E-state index >= 15 is 0 Å². The minimum absolute atomic E-state index is 0.0942. The maximum atomic E-state index is 12.2. The molecule has 0 aliphatic heterocycles. The predicted octanol–water partition coefficient (Wildman–Crippen LogP) is 3.70. The molecule has 1 heterocycles. The highest BCUT2D eigenvalue weighted by Gasteiger charge is 2.21.